The van der Waals surface area contributed by atoms with Crippen LogP contribution in [0.4, 0.5) is 5.69 Å². The highest BCUT2D eigenvalue weighted by Crippen LogP contribution is 2.29. The van der Waals surface area contributed by atoms with Gasteiger partial charge in [0.25, 0.3) is 0 Å². The second kappa shape index (κ2) is 5.25. The Morgan fingerprint density at radius 1 is 1.32 bits per heavy atom. The van der Waals surface area contributed by atoms with Crippen LogP contribution in [0.1, 0.15) is 17.8 Å². The highest BCUT2D eigenvalue weighted by atomic mass is 32.2. The maximum absolute atomic E-state index is 4.24. The normalized spacial score (nSPS) is 18.5. The number of nitrogens with zero attached hydrogens (tertiary/aromatic N) is 3. The molecule has 0 aliphatic carbocycles. The number of aromatic nitrogens is 3. The molecule has 1 aromatic carbocycles. The second-order valence-electron chi connectivity index (χ2n) is 4.91. The summed E-state index contributed by atoms with van der Waals surface area (Å²) in [4.78, 5) is 0. The number of anilines is 1. The van der Waals surface area contributed by atoms with Crippen molar-refractivity contribution in [2.75, 3.05) is 11.9 Å². The Kier molecular flexibility index (Phi) is 3.46. The zero-order valence-corrected chi connectivity index (χ0v) is 12.1. The first-order chi connectivity index (χ1) is 9.24. The van der Waals surface area contributed by atoms with Crippen molar-refractivity contribution in [3.05, 3.63) is 35.7 Å². The molecule has 0 bridgehead atoms. The van der Waals surface area contributed by atoms with E-state index in [0.717, 1.165) is 23.9 Å². The monoisotopic (exact) mass is 274 g/mol. The molecule has 5 heteroatoms. The molecule has 0 saturated carbocycles. The first-order valence-electron chi connectivity index (χ1n) is 6.58. The van der Waals surface area contributed by atoms with Gasteiger partial charge in [0.2, 0.25) is 0 Å². The maximum Gasteiger partial charge on any atom is 0.191 e. The summed E-state index contributed by atoms with van der Waals surface area (Å²) in [5, 5.41) is 13.4. The minimum Gasteiger partial charge on any atom is -0.384 e. The molecule has 1 N–H and O–H groups in total. The van der Waals surface area contributed by atoms with Crippen LogP contribution >= 0.6 is 11.8 Å². The summed E-state index contributed by atoms with van der Waals surface area (Å²) in [5.41, 5.74) is 2.69. The van der Waals surface area contributed by atoms with E-state index in [4.69, 9.17) is 0 Å². The van der Waals surface area contributed by atoms with Crippen molar-refractivity contribution in [1.82, 2.24) is 14.8 Å². The molecular formula is C14H18N4S. The first kappa shape index (κ1) is 12.5. The van der Waals surface area contributed by atoms with E-state index >= 15 is 0 Å². The zero-order valence-electron chi connectivity index (χ0n) is 11.3. The third kappa shape index (κ3) is 2.61. The molecule has 1 aliphatic heterocycles. The molecule has 4 nitrogen and oxygen atoms in total. The average molecular weight is 274 g/mol. The SMILES string of the molecule is Cc1nnc(SC2CCc3ccccc3NC2)n1C. The van der Waals surface area contributed by atoms with E-state index in [-0.39, 0.29) is 0 Å². The van der Waals surface area contributed by atoms with Crippen molar-refractivity contribution in [2.24, 2.45) is 7.05 Å². The van der Waals surface area contributed by atoms with Gasteiger partial charge in [-0.25, -0.2) is 0 Å². The van der Waals surface area contributed by atoms with E-state index in [1.54, 1.807) is 0 Å². The molecule has 3 rings (SSSR count). The van der Waals surface area contributed by atoms with Gasteiger partial charge >= 0.3 is 0 Å². The Labute approximate surface area is 117 Å². The van der Waals surface area contributed by atoms with E-state index in [0.29, 0.717) is 5.25 Å². The van der Waals surface area contributed by atoms with Gasteiger partial charge in [-0.3, -0.25) is 0 Å². The lowest BCUT2D eigenvalue weighted by Crippen LogP contribution is -2.15. The molecule has 100 valence electrons. The minimum atomic E-state index is 0.537. The molecule has 1 atom stereocenters. The maximum atomic E-state index is 4.24. The van der Waals surface area contributed by atoms with E-state index < -0.39 is 0 Å². The molecule has 2 heterocycles. The van der Waals surface area contributed by atoms with Crippen LogP contribution in [0, 0.1) is 6.92 Å². The van der Waals surface area contributed by atoms with Crippen LogP contribution in [0.15, 0.2) is 29.4 Å². The minimum absolute atomic E-state index is 0.537. The van der Waals surface area contributed by atoms with Gasteiger partial charge in [-0.05, 0) is 31.4 Å². The Balaban J connectivity index is 1.71. The van der Waals surface area contributed by atoms with Crippen molar-refractivity contribution >= 4 is 17.4 Å². The van der Waals surface area contributed by atoms with Gasteiger partial charge in [0.05, 0.1) is 0 Å². The Morgan fingerprint density at radius 3 is 2.95 bits per heavy atom. The van der Waals surface area contributed by atoms with Gasteiger partial charge in [0.1, 0.15) is 5.82 Å². The van der Waals surface area contributed by atoms with Crippen LogP contribution in [0.3, 0.4) is 0 Å². The number of para-hydroxylation sites is 1. The molecular weight excluding hydrogens is 256 g/mol. The quantitative estimate of drug-likeness (QED) is 0.914. The van der Waals surface area contributed by atoms with Gasteiger partial charge in [-0.15, -0.1) is 10.2 Å². The van der Waals surface area contributed by atoms with Gasteiger partial charge in [-0.2, -0.15) is 0 Å². The van der Waals surface area contributed by atoms with Crippen LogP contribution in [0.2, 0.25) is 0 Å². The van der Waals surface area contributed by atoms with Crippen LogP contribution in [0.5, 0.6) is 0 Å². The number of rotatable bonds is 2. The van der Waals surface area contributed by atoms with Gasteiger partial charge in [-0.1, -0.05) is 30.0 Å². The van der Waals surface area contributed by atoms with Gasteiger partial charge in [0.15, 0.2) is 5.16 Å². The van der Waals surface area contributed by atoms with Crippen molar-refractivity contribution in [3.8, 4) is 0 Å². The van der Waals surface area contributed by atoms with E-state index in [1.807, 2.05) is 25.7 Å². The molecule has 1 aliphatic rings. The van der Waals surface area contributed by atoms with Crippen LogP contribution in [-0.2, 0) is 13.5 Å². The number of thioether (sulfide) groups is 1. The number of hydrogen-bond donors (Lipinski definition) is 1. The lowest BCUT2D eigenvalue weighted by molar-refractivity contribution is 0.748. The predicted molar refractivity (Wildman–Crippen MR) is 78.6 cm³/mol. The van der Waals surface area contributed by atoms with Gasteiger partial charge in [0, 0.05) is 24.5 Å². The molecule has 1 aromatic heterocycles. The largest absolute Gasteiger partial charge is 0.384 e. The fraction of sp³-hybridized carbons (Fsp3) is 0.429. The molecule has 0 radical (unpaired) electrons. The molecule has 2 aromatic rings. The summed E-state index contributed by atoms with van der Waals surface area (Å²) in [7, 11) is 2.02. The number of nitrogens with one attached hydrogen (secondary N) is 1. The first-order valence-corrected chi connectivity index (χ1v) is 7.46. The third-order valence-corrected chi connectivity index (χ3v) is 4.90. The average Bonchev–Trinajstić information content (AvgIpc) is 2.66. The molecule has 0 amide bonds. The van der Waals surface area contributed by atoms with E-state index in [1.165, 1.54) is 17.7 Å². The molecule has 19 heavy (non-hydrogen) atoms. The van der Waals surface area contributed by atoms with Crippen molar-refractivity contribution < 1.29 is 0 Å². The summed E-state index contributed by atoms with van der Waals surface area (Å²) in [6, 6.07) is 8.57. The standard InChI is InChI=1S/C14H18N4S/c1-10-16-17-14(18(10)2)19-12-8-7-11-5-3-4-6-13(11)15-9-12/h3-6,12,15H,7-9H2,1-2H3. The Morgan fingerprint density at radius 2 is 2.16 bits per heavy atom. The topological polar surface area (TPSA) is 42.7 Å². The Hall–Kier alpha value is -1.49. The summed E-state index contributed by atoms with van der Waals surface area (Å²) in [5.74, 6) is 0.965. The summed E-state index contributed by atoms with van der Waals surface area (Å²) in [6.45, 7) is 2.96. The van der Waals surface area contributed by atoms with E-state index in [2.05, 4.69) is 44.3 Å². The summed E-state index contributed by atoms with van der Waals surface area (Å²) < 4.78 is 2.06. The highest BCUT2D eigenvalue weighted by Gasteiger charge is 2.18. The van der Waals surface area contributed by atoms with Crippen LogP contribution in [0.25, 0.3) is 0 Å². The molecule has 0 saturated heterocycles. The van der Waals surface area contributed by atoms with Crippen LogP contribution in [-0.4, -0.2) is 26.6 Å². The fourth-order valence-corrected chi connectivity index (χ4v) is 3.37. The van der Waals surface area contributed by atoms with Crippen molar-refractivity contribution in [1.29, 1.82) is 0 Å². The van der Waals surface area contributed by atoms with Crippen molar-refractivity contribution in [3.63, 3.8) is 0 Å². The number of hydrogen-bond acceptors (Lipinski definition) is 4. The zero-order chi connectivity index (χ0) is 13.2. The van der Waals surface area contributed by atoms with Crippen molar-refractivity contribution in [2.45, 2.75) is 30.2 Å². The highest BCUT2D eigenvalue weighted by molar-refractivity contribution is 7.99. The Bertz CT molecular complexity index is 552. The number of aryl methyl sites for hydroxylation is 2. The summed E-state index contributed by atoms with van der Waals surface area (Å²) in [6.07, 6.45) is 2.29. The smallest absolute Gasteiger partial charge is 0.191 e. The van der Waals surface area contributed by atoms with E-state index in [9.17, 15) is 0 Å². The fourth-order valence-electron chi connectivity index (χ4n) is 2.29. The molecule has 0 fully saturated rings. The molecule has 0 spiro atoms. The number of fused-ring (bicyclic) bond motifs is 1. The second-order valence-corrected chi connectivity index (χ2v) is 6.17. The lowest BCUT2D eigenvalue weighted by atomic mass is 10.1. The molecule has 1 unspecified atom stereocenters. The van der Waals surface area contributed by atoms with Gasteiger partial charge < -0.3 is 9.88 Å². The third-order valence-electron chi connectivity index (χ3n) is 3.60. The summed E-state index contributed by atoms with van der Waals surface area (Å²) >= 11 is 1.82. The van der Waals surface area contributed by atoms with Crippen LogP contribution < -0.4 is 5.32 Å². The number of benzene rings is 1. The lowest BCUT2D eigenvalue weighted by Gasteiger charge is -2.13. The predicted octanol–water partition coefficient (Wildman–Crippen LogP) is 2.64.